The monoisotopic (exact) mass is 334 g/mol. The number of hydrogen-bond acceptors (Lipinski definition) is 4. The Labute approximate surface area is 132 Å². The molecule has 1 rings (SSSR count). The van der Waals surface area contributed by atoms with Gasteiger partial charge in [0.15, 0.2) is 9.84 Å². The summed E-state index contributed by atoms with van der Waals surface area (Å²) in [7, 11) is -3.37. The van der Waals surface area contributed by atoms with Gasteiger partial charge in [0.25, 0.3) is 0 Å². The highest BCUT2D eigenvalue weighted by Gasteiger charge is 2.21. The van der Waals surface area contributed by atoms with Crippen LogP contribution in [0.25, 0.3) is 0 Å². The second-order valence-corrected chi connectivity index (χ2v) is 7.40. The van der Waals surface area contributed by atoms with Gasteiger partial charge in [-0.1, -0.05) is 25.1 Å². The van der Waals surface area contributed by atoms with Gasteiger partial charge >= 0.3 is 0 Å². The lowest BCUT2D eigenvalue weighted by Crippen LogP contribution is -2.28. The normalized spacial score (nSPS) is 11.0. The Morgan fingerprint density at radius 2 is 1.86 bits per heavy atom. The lowest BCUT2D eigenvalue weighted by atomic mass is 10.1. The molecule has 120 valence electrons. The van der Waals surface area contributed by atoms with Crippen LogP contribution >= 0.6 is 12.4 Å². The molecule has 1 aromatic carbocycles. The van der Waals surface area contributed by atoms with Crippen molar-refractivity contribution >= 4 is 33.8 Å². The average Bonchev–Trinajstić information content (AvgIpc) is 2.36. The molecule has 0 spiro atoms. The molecule has 7 heteroatoms. The Hall–Kier alpha value is -1.11. The Morgan fingerprint density at radius 1 is 1.24 bits per heavy atom. The maximum atomic E-state index is 11.8. The molecule has 0 unspecified atom stereocenters. The Bertz CT molecular complexity index is 559. The second-order valence-electron chi connectivity index (χ2n) is 4.84. The smallest absolute Gasteiger partial charge is 0.239 e. The molecule has 1 aromatic rings. The van der Waals surface area contributed by atoms with Crippen molar-refractivity contribution in [3.63, 3.8) is 0 Å². The molecule has 0 aliphatic carbocycles. The highest BCUT2D eigenvalue weighted by Crippen LogP contribution is 2.15. The molecule has 0 radical (unpaired) electrons. The van der Waals surface area contributed by atoms with Gasteiger partial charge in [0, 0.05) is 12.2 Å². The molecule has 0 aromatic heterocycles. The molecule has 0 heterocycles. The molecule has 0 atom stereocenters. The van der Waals surface area contributed by atoms with E-state index >= 15 is 0 Å². The summed E-state index contributed by atoms with van der Waals surface area (Å²) < 4.78 is 23.4. The minimum absolute atomic E-state index is 0. The van der Waals surface area contributed by atoms with E-state index in [1.807, 2.05) is 25.1 Å². The Balaban J connectivity index is 0.00000400. The first-order chi connectivity index (χ1) is 9.36. The van der Waals surface area contributed by atoms with Gasteiger partial charge in [0.1, 0.15) is 5.75 Å². The summed E-state index contributed by atoms with van der Waals surface area (Å²) in [5.41, 5.74) is 1.59. The number of para-hydroxylation sites is 1. The molecule has 0 fully saturated rings. The standard InChI is InChI=1S/C14H22N2O3S.ClH/c1-4-15-9-12-7-5-6-8-13(12)16-14(17)10-20(18,19)11(2)3;/h5-8,11,15H,4,9-10H2,1-3H3,(H,16,17);1H. The minimum atomic E-state index is -3.37. The van der Waals surface area contributed by atoms with E-state index in [0.29, 0.717) is 12.2 Å². The number of carbonyl (C=O) groups excluding carboxylic acids is 1. The van der Waals surface area contributed by atoms with Crippen molar-refractivity contribution in [1.29, 1.82) is 0 Å². The van der Waals surface area contributed by atoms with Gasteiger partial charge in [0.05, 0.1) is 5.25 Å². The van der Waals surface area contributed by atoms with Crippen LogP contribution in [0.3, 0.4) is 0 Å². The maximum Gasteiger partial charge on any atom is 0.239 e. The summed E-state index contributed by atoms with van der Waals surface area (Å²) in [6, 6.07) is 7.36. The van der Waals surface area contributed by atoms with Gasteiger partial charge in [-0.05, 0) is 32.0 Å². The first-order valence-electron chi connectivity index (χ1n) is 6.67. The van der Waals surface area contributed by atoms with Crippen LogP contribution in [-0.4, -0.2) is 31.9 Å². The molecular formula is C14H23ClN2O3S. The number of amides is 1. The molecule has 0 aliphatic rings. The van der Waals surface area contributed by atoms with E-state index in [0.717, 1.165) is 12.1 Å². The third-order valence-corrected chi connectivity index (χ3v) is 5.01. The molecule has 2 N–H and O–H groups in total. The van der Waals surface area contributed by atoms with Crippen molar-refractivity contribution in [2.45, 2.75) is 32.6 Å². The van der Waals surface area contributed by atoms with Crippen molar-refractivity contribution in [2.75, 3.05) is 17.6 Å². The van der Waals surface area contributed by atoms with Crippen LogP contribution in [0, 0.1) is 0 Å². The molecule has 1 amide bonds. The van der Waals surface area contributed by atoms with Gasteiger partial charge in [-0.15, -0.1) is 12.4 Å². The summed E-state index contributed by atoms with van der Waals surface area (Å²) >= 11 is 0. The Kier molecular flexibility index (Phi) is 8.54. The summed E-state index contributed by atoms with van der Waals surface area (Å²) in [5.74, 6) is -0.983. The van der Waals surface area contributed by atoms with Crippen LogP contribution in [0.4, 0.5) is 5.69 Å². The number of halogens is 1. The lowest BCUT2D eigenvalue weighted by molar-refractivity contribution is -0.113. The highest BCUT2D eigenvalue weighted by atomic mass is 35.5. The van der Waals surface area contributed by atoms with E-state index in [9.17, 15) is 13.2 Å². The number of hydrogen-bond donors (Lipinski definition) is 2. The fraction of sp³-hybridized carbons (Fsp3) is 0.500. The zero-order valence-corrected chi connectivity index (χ0v) is 14.2. The second kappa shape index (κ2) is 9.02. The predicted octanol–water partition coefficient (Wildman–Crippen LogP) is 1.98. The van der Waals surface area contributed by atoms with Gasteiger partial charge in [-0.2, -0.15) is 0 Å². The first kappa shape index (κ1) is 19.9. The molecular weight excluding hydrogens is 312 g/mol. The van der Waals surface area contributed by atoms with Crippen LogP contribution in [0.15, 0.2) is 24.3 Å². The molecule has 0 aliphatic heterocycles. The summed E-state index contributed by atoms with van der Waals surface area (Å²) in [5, 5.41) is 5.30. The first-order valence-corrected chi connectivity index (χ1v) is 8.38. The fourth-order valence-corrected chi connectivity index (χ4v) is 2.36. The quantitative estimate of drug-likeness (QED) is 0.799. The van der Waals surface area contributed by atoms with Crippen LogP contribution in [-0.2, 0) is 21.2 Å². The molecule has 21 heavy (non-hydrogen) atoms. The number of sulfone groups is 1. The third-order valence-electron chi connectivity index (χ3n) is 2.91. The van der Waals surface area contributed by atoms with Gasteiger partial charge < -0.3 is 10.6 Å². The fourth-order valence-electron chi connectivity index (χ4n) is 1.59. The van der Waals surface area contributed by atoms with E-state index in [-0.39, 0.29) is 12.4 Å². The van der Waals surface area contributed by atoms with Gasteiger partial charge in [-0.25, -0.2) is 8.42 Å². The molecule has 5 nitrogen and oxygen atoms in total. The number of nitrogens with one attached hydrogen (secondary N) is 2. The SMILES string of the molecule is CCNCc1ccccc1NC(=O)CS(=O)(=O)C(C)C.Cl. The number of rotatable bonds is 7. The van der Waals surface area contributed by atoms with E-state index in [1.165, 1.54) is 0 Å². The van der Waals surface area contributed by atoms with E-state index in [1.54, 1.807) is 19.9 Å². The largest absolute Gasteiger partial charge is 0.325 e. The third kappa shape index (κ3) is 6.46. The number of carbonyl (C=O) groups is 1. The molecule has 0 bridgehead atoms. The van der Waals surface area contributed by atoms with E-state index in [4.69, 9.17) is 0 Å². The lowest BCUT2D eigenvalue weighted by Gasteiger charge is -2.12. The highest BCUT2D eigenvalue weighted by molar-refractivity contribution is 7.92. The maximum absolute atomic E-state index is 11.8. The minimum Gasteiger partial charge on any atom is -0.325 e. The van der Waals surface area contributed by atoms with E-state index in [2.05, 4.69) is 10.6 Å². The van der Waals surface area contributed by atoms with Crippen molar-refractivity contribution in [3.8, 4) is 0 Å². The number of anilines is 1. The van der Waals surface area contributed by atoms with Crippen LogP contribution < -0.4 is 10.6 Å². The van der Waals surface area contributed by atoms with Gasteiger partial charge in [-0.3, -0.25) is 4.79 Å². The zero-order valence-electron chi connectivity index (χ0n) is 12.5. The topological polar surface area (TPSA) is 75.3 Å². The zero-order chi connectivity index (χ0) is 15.2. The van der Waals surface area contributed by atoms with Crippen LogP contribution in [0.2, 0.25) is 0 Å². The molecule has 0 saturated carbocycles. The summed E-state index contributed by atoms with van der Waals surface area (Å²) in [6.45, 7) is 6.59. The van der Waals surface area contributed by atoms with Crippen molar-refractivity contribution < 1.29 is 13.2 Å². The van der Waals surface area contributed by atoms with Crippen molar-refractivity contribution in [1.82, 2.24) is 5.32 Å². The van der Waals surface area contributed by atoms with Crippen molar-refractivity contribution in [2.24, 2.45) is 0 Å². The van der Waals surface area contributed by atoms with Crippen molar-refractivity contribution in [3.05, 3.63) is 29.8 Å². The molecule has 0 saturated heterocycles. The van der Waals surface area contributed by atoms with Crippen LogP contribution in [0.1, 0.15) is 26.3 Å². The average molecular weight is 335 g/mol. The van der Waals surface area contributed by atoms with Gasteiger partial charge in [0.2, 0.25) is 5.91 Å². The summed E-state index contributed by atoms with van der Waals surface area (Å²) in [6.07, 6.45) is 0. The Morgan fingerprint density at radius 3 is 2.43 bits per heavy atom. The summed E-state index contributed by atoms with van der Waals surface area (Å²) in [4.78, 5) is 11.8. The van der Waals surface area contributed by atoms with Crippen LogP contribution in [0.5, 0.6) is 0 Å². The van der Waals surface area contributed by atoms with E-state index < -0.39 is 26.7 Å². The predicted molar refractivity (Wildman–Crippen MR) is 88.6 cm³/mol. The number of benzene rings is 1.